The van der Waals surface area contributed by atoms with Crippen molar-refractivity contribution in [2.75, 3.05) is 26.1 Å². The van der Waals surface area contributed by atoms with E-state index in [-0.39, 0.29) is 11.9 Å². The largest absolute Gasteiger partial charge is 0.497 e. The number of methoxy groups -OCH3 is 2. The molecule has 7 heteroatoms. The molecule has 2 aromatic rings. The third-order valence-electron chi connectivity index (χ3n) is 5.33. The maximum absolute atomic E-state index is 13.0. The Morgan fingerprint density at radius 2 is 1.97 bits per heavy atom. The van der Waals surface area contributed by atoms with Crippen molar-refractivity contribution in [2.45, 2.75) is 44.8 Å². The second-order valence-corrected chi connectivity index (χ2v) is 7.79. The van der Waals surface area contributed by atoms with Crippen LogP contribution in [0.5, 0.6) is 11.5 Å². The van der Waals surface area contributed by atoms with Crippen LogP contribution in [0.2, 0.25) is 0 Å². The molecule has 2 aromatic carbocycles. The third kappa shape index (κ3) is 7.64. The zero-order valence-corrected chi connectivity index (χ0v) is 19.2. The number of hydrogen-bond donors (Lipinski definition) is 1. The molecule has 0 aliphatic carbocycles. The van der Waals surface area contributed by atoms with Gasteiger partial charge in [-0.15, -0.1) is 0 Å². The third-order valence-corrected chi connectivity index (χ3v) is 5.33. The lowest BCUT2D eigenvalue weighted by molar-refractivity contribution is -0.140. The summed E-state index contributed by atoms with van der Waals surface area (Å²) < 4.78 is 22.0. The molecule has 0 radical (unpaired) electrons. The zero-order valence-electron chi connectivity index (χ0n) is 19.2. The summed E-state index contributed by atoms with van der Waals surface area (Å²) in [5, 5.41) is 2.95. The van der Waals surface area contributed by atoms with Gasteiger partial charge in [0.25, 0.3) is 5.91 Å². The minimum atomic E-state index is -0.621. The van der Waals surface area contributed by atoms with Crippen molar-refractivity contribution in [3.8, 4) is 11.5 Å². The molecule has 1 aliphatic rings. The predicted molar refractivity (Wildman–Crippen MR) is 126 cm³/mol. The second kappa shape index (κ2) is 12.6. The van der Waals surface area contributed by atoms with Crippen LogP contribution in [0, 0.1) is 0 Å². The first-order chi connectivity index (χ1) is 16.1. The van der Waals surface area contributed by atoms with Gasteiger partial charge in [0.15, 0.2) is 0 Å². The van der Waals surface area contributed by atoms with Gasteiger partial charge in [0, 0.05) is 6.42 Å². The highest BCUT2D eigenvalue weighted by atomic mass is 16.5. The Hall–Kier alpha value is -3.32. The number of nitrogens with one attached hydrogen (secondary N) is 1. The first-order valence-electron chi connectivity index (χ1n) is 11.1. The summed E-state index contributed by atoms with van der Waals surface area (Å²) in [4.78, 5) is 24.3. The van der Waals surface area contributed by atoms with Crippen LogP contribution in [0.25, 0.3) is 6.08 Å². The van der Waals surface area contributed by atoms with E-state index in [0.29, 0.717) is 37.5 Å². The van der Waals surface area contributed by atoms with Crippen molar-refractivity contribution < 1.29 is 28.5 Å². The summed E-state index contributed by atoms with van der Waals surface area (Å²) in [6.45, 7) is 0.635. The summed E-state index contributed by atoms with van der Waals surface area (Å²) >= 11 is 0. The van der Waals surface area contributed by atoms with E-state index in [9.17, 15) is 9.59 Å². The Bertz CT molecular complexity index is 971. The molecule has 1 heterocycles. The van der Waals surface area contributed by atoms with Crippen LogP contribution < -0.4 is 14.8 Å². The van der Waals surface area contributed by atoms with Crippen LogP contribution in [-0.4, -0.2) is 38.8 Å². The van der Waals surface area contributed by atoms with Crippen molar-refractivity contribution in [1.29, 1.82) is 0 Å². The van der Waals surface area contributed by atoms with E-state index in [2.05, 4.69) is 10.1 Å². The van der Waals surface area contributed by atoms with Gasteiger partial charge in [-0.2, -0.15) is 0 Å². The van der Waals surface area contributed by atoms with E-state index in [1.807, 2.05) is 54.6 Å². The number of unbranched alkanes of at least 4 members (excludes halogenated alkanes) is 2. The summed E-state index contributed by atoms with van der Waals surface area (Å²) in [6.07, 6.45) is 6.42. The topological polar surface area (TPSA) is 83.1 Å². The summed E-state index contributed by atoms with van der Waals surface area (Å²) in [6, 6.07) is 13.2. The molecule has 0 saturated carbocycles. The van der Waals surface area contributed by atoms with Crippen LogP contribution in [0.4, 0.5) is 5.69 Å². The van der Waals surface area contributed by atoms with Gasteiger partial charge in [0.2, 0.25) is 0 Å². The highest BCUT2D eigenvalue weighted by molar-refractivity contribution is 5.95. The van der Waals surface area contributed by atoms with Gasteiger partial charge in [0.1, 0.15) is 24.2 Å². The smallest absolute Gasteiger partial charge is 0.305 e. The second-order valence-electron chi connectivity index (χ2n) is 7.79. The SMILES string of the molecule is COC(=O)CCCCC[C@H]1OC/C=C\c2cc(cc(OC)c2)COc2ccccc2NC1=O. The van der Waals surface area contributed by atoms with Gasteiger partial charge >= 0.3 is 5.97 Å². The number of carbonyl (C=O) groups excluding carboxylic acids is 2. The van der Waals surface area contributed by atoms with Crippen molar-refractivity contribution in [1.82, 2.24) is 0 Å². The van der Waals surface area contributed by atoms with Gasteiger partial charge in [-0.1, -0.05) is 37.1 Å². The lowest BCUT2D eigenvalue weighted by atomic mass is 10.1. The summed E-state index contributed by atoms with van der Waals surface area (Å²) in [5.74, 6) is 0.893. The maximum Gasteiger partial charge on any atom is 0.305 e. The molecule has 33 heavy (non-hydrogen) atoms. The molecule has 0 aromatic heterocycles. The van der Waals surface area contributed by atoms with Crippen LogP contribution in [-0.2, 0) is 25.7 Å². The maximum atomic E-state index is 13.0. The molecule has 0 unspecified atom stereocenters. The molecule has 2 bridgehead atoms. The molecular formula is C26H31NO6. The fourth-order valence-electron chi connectivity index (χ4n) is 3.58. The Morgan fingerprint density at radius 1 is 1.12 bits per heavy atom. The number of carbonyl (C=O) groups is 2. The first kappa shape index (κ1) is 24.3. The normalized spacial score (nSPS) is 17.0. The molecule has 0 fully saturated rings. The number of amides is 1. The molecule has 0 saturated heterocycles. The minimum Gasteiger partial charge on any atom is -0.497 e. The van der Waals surface area contributed by atoms with Gasteiger partial charge in [-0.05, 0) is 54.3 Å². The average molecular weight is 454 g/mol. The number of fused-ring (bicyclic) bond motifs is 3. The van der Waals surface area contributed by atoms with E-state index >= 15 is 0 Å². The van der Waals surface area contributed by atoms with Crippen molar-refractivity contribution in [3.05, 3.63) is 59.7 Å². The Labute approximate surface area is 194 Å². The molecule has 0 spiro atoms. The molecule has 176 valence electrons. The average Bonchev–Trinajstić information content (AvgIpc) is 2.83. The van der Waals surface area contributed by atoms with Gasteiger partial charge < -0.3 is 24.3 Å². The Kier molecular flexibility index (Phi) is 9.32. The van der Waals surface area contributed by atoms with Crippen molar-refractivity contribution in [2.24, 2.45) is 0 Å². The highest BCUT2D eigenvalue weighted by Crippen LogP contribution is 2.27. The number of rotatable bonds is 7. The van der Waals surface area contributed by atoms with Gasteiger partial charge in [0.05, 0.1) is 26.5 Å². The van der Waals surface area contributed by atoms with Crippen LogP contribution in [0.3, 0.4) is 0 Å². The van der Waals surface area contributed by atoms with E-state index in [0.717, 1.165) is 36.1 Å². The zero-order chi connectivity index (χ0) is 23.5. The number of benzene rings is 2. The monoisotopic (exact) mass is 453 g/mol. The lowest BCUT2D eigenvalue weighted by Gasteiger charge is -2.19. The lowest BCUT2D eigenvalue weighted by Crippen LogP contribution is -2.31. The van der Waals surface area contributed by atoms with E-state index < -0.39 is 6.10 Å². The molecule has 1 atom stereocenters. The van der Waals surface area contributed by atoms with Crippen LogP contribution in [0.1, 0.15) is 43.2 Å². The van der Waals surface area contributed by atoms with Crippen LogP contribution in [0.15, 0.2) is 48.5 Å². The number of para-hydroxylation sites is 2. The van der Waals surface area contributed by atoms with Gasteiger partial charge in [-0.25, -0.2) is 0 Å². The summed E-state index contributed by atoms with van der Waals surface area (Å²) in [7, 11) is 3.02. The molecule has 1 aliphatic heterocycles. The molecule has 3 rings (SSSR count). The van der Waals surface area contributed by atoms with Crippen molar-refractivity contribution in [3.63, 3.8) is 0 Å². The predicted octanol–water partition coefficient (Wildman–Crippen LogP) is 4.75. The van der Waals surface area contributed by atoms with E-state index in [4.69, 9.17) is 14.2 Å². The number of hydrogen-bond acceptors (Lipinski definition) is 6. The first-order valence-corrected chi connectivity index (χ1v) is 11.1. The molecule has 1 N–H and O–H groups in total. The number of esters is 1. The minimum absolute atomic E-state index is 0.218. The summed E-state index contributed by atoms with van der Waals surface area (Å²) in [5.41, 5.74) is 2.51. The van der Waals surface area contributed by atoms with E-state index in [1.54, 1.807) is 7.11 Å². The molecule has 7 nitrogen and oxygen atoms in total. The number of ether oxygens (including phenoxy) is 4. The van der Waals surface area contributed by atoms with Crippen LogP contribution >= 0.6 is 0 Å². The highest BCUT2D eigenvalue weighted by Gasteiger charge is 2.20. The van der Waals surface area contributed by atoms with Gasteiger partial charge in [-0.3, -0.25) is 9.59 Å². The number of anilines is 1. The standard InChI is InChI=1S/C26H31NO6/c1-30-21-16-19-9-8-14-32-24(12-4-3-5-13-25(28)31-2)26(29)27-22-10-6-7-11-23(22)33-18-20(15-19)17-21/h6-11,15-17,24H,3-5,12-14,18H2,1-2H3,(H,27,29)/b9-8-/t24-/m1/s1. The van der Waals surface area contributed by atoms with E-state index in [1.165, 1.54) is 7.11 Å². The Morgan fingerprint density at radius 3 is 2.79 bits per heavy atom. The molecular weight excluding hydrogens is 422 g/mol. The fourth-order valence-corrected chi connectivity index (χ4v) is 3.58. The molecule has 1 amide bonds. The Balaban J connectivity index is 1.75. The van der Waals surface area contributed by atoms with Crippen molar-refractivity contribution >= 4 is 23.6 Å². The quantitative estimate of drug-likeness (QED) is 0.481. The fraction of sp³-hybridized carbons (Fsp3) is 0.385.